The van der Waals surface area contributed by atoms with Crippen LogP contribution in [0.15, 0.2) is 30.6 Å². The predicted molar refractivity (Wildman–Crippen MR) is 79.2 cm³/mol. The molecule has 0 amide bonds. The van der Waals surface area contributed by atoms with Crippen molar-refractivity contribution in [2.75, 3.05) is 5.32 Å². The molecular formula is C16H21N3. The number of aromatic nitrogens is 2. The molecule has 100 valence electrons. The van der Waals surface area contributed by atoms with Gasteiger partial charge in [-0.1, -0.05) is 38.3 Å². The van der Waals surface area contributed by atoms with Crippen LogP contribution in [0.5, 0.6) is 0 Å². The van der Waals surface area contributed by atoms with Crippen molar-refractivity contribution in [2.45, 2.75) is 45.1 Å². The van der Waals surface area contributed by atoms with Crippen molar-refractivity contribution in [2.24, 2.45) is 5.92 Å². The van der Waals surface area contributed by atoms with Gasteiger partial charge in [-0.25, -0.2) is 9.97 Å². The minimum absolute atomic E-state index is 0.542. The van der Waals surface area contributed by atoms with Crippen molar-refractivity contribution >= 4 is 16.7 Å². The zero-order chi connectivity index (χ0) is 13.1. The quantitative estimate of drug-likeness (QED) is 0.824. The molecule has 1 aromatic heterocycles. The van der Waals surface area contributed by atoms with E-state index in [1.54, 1.807) is 6.33 Å². The minimum Gasteiger partial charge on any atom is -0.366 e. The van der Waals surface area contributed by atoms with Gasteiger partial charge in [0.1, 0.15) is 12.1 Å². The summed E-state index contributed by atoms with van der Waals surface area (Å²) in [6.45, 7) is 2.35. The van der Waals surface area contributed by atoms with E-state index in [1.165, 1.54) is 32.1 Å². The number of fused-ring (bicyclic) bond motifs is 1. The maximum Gasteiger partial charge on any atom is 0.137 e. The largest absolute Gasteiger partial charge is 0.366 e. The van der Waals surface area contributed by atoms with Gasteiger partial charge < -0.3 is 5.32 Å². The fourth-order valence-electron chi connectivity index (χ4n) is 3.00. The Morgan fingerprint density at radius 3 is 2.84 bits per heavy atom. The van der Waals surface area contributed by atoms with Crippen LogP contribution in [0.3, 0.4) is 0 Å². The summed E-state index contributed by atoms with van der Waals surface area (Å²) in [6.07, 6.45) is 8.29. The number of para-hydroxylation sites is 1. The SMILES string of the molecule is CC1CCCCCC1Nc1ncnc2ccccc12. The molecule has 2 atom stereocenters. The molecule has 2 aromatic rings. The summed E-state index contributed by atoms with van der Waals surface area (Å²) in [5.41, 5.74) is 1.02. The molecule has 19 heavy (non-hydrogen) atoms. The Hall–Kier alpha value is -1.64. The van der Waals surface area contributed by atoms with Gasteiger partial charge in [0.15, 0.2) is 0 Å². The van der Waals surface area contributed by atoms with Crippen LogP contribution >= 0.6 is 0 Å². The van der Waals surface area contributed by atoms with Crippen molar-refractivity contribution in [1.29, 1.82) is 0 Å². The maximum absolute atomic E-state index is 4.44. The molecular weight excluding hydrogens is 234 g/mol. The Kier molecular flexibility index (Phi) is 3.62. The van der Waals surface area contributed by atoms with Gasteiger partial charge in [-0.3, -0.25) is 0 Å². The molecule has 0 aliphatic heterocycles. The van der Waals surface area contributed by atoms with E-state index in [4.69, 9.17) is 0 Å². The molecule has 1 N–H and O–H groups in total. The third kappa shape index (κ3) is 2.70. The Bertz CT molecular complexity index is 547. The Morgan fingerprint density at radius 1 is 1.05 bits per heavy atom. The van der Waals surface area contributed by atoms with E-state index >= 15 is 0 Å². The van der Waals surface area contributed by atoms with E-state index in [-0.39, 0.29) is 0 Å². The summed E-state index contributed by atoms with van der Waals surface area (Å²) in [5.74, 6) is 1.71. The highest BCUT2D eigenvalue weighted by Crippen LogP contribution is 2.27. The first-order valence-corrected chi connectivity index (χ1v) is 7.31. The molecule has 1 fully saturated rings. The molecule has 1 heterocycles. The van der Waals surface area contributed by atoms with Crippen molar-refractivity contribution in [1.82, 2.24) is 9.97 Å². The lowest BCUT2D eigenvalue weighted by Crippen LogP contribution is -2.26. The van der Waals surface area contributed by atoms with E-state index in [1.807, 2.05) is 18.2 Å². The first kappa shape index (κ1) is 12.4. The van der Waals surface area contributed by atoms with E-state index < -0.39 is 0 Å². The van der Waals surface area contributed by atoms with Crippen LogP contribution in [0.4, 0.5) is 5.82 Å². The summed E-state index contributed by atoms with van der Waals surface area (Å²) in [7, 11) is 0. The normalized spacial score (nSPS) is 24.1. The lowest BCUT2D eigenvalue weighted by molar-refractivity contribution is 0.456. The predicted octanol–water partition coefficient (Wildman–Crippen LogP) is 4.01. The highest BCUT2D eigenvalue weighted by atomic mass is 15.0. The van der Waals surface area contributed by atoms with Crippen molar-refractivity contribution in [3.05, 3.63) is 30.6 Å². The van der Waals surface area contributed by atoms with Gasteiger partial charge in [-0.05, 0) is 30.9 Å². The third-order valence-corrected chi connectivity index (χ3v) is 4.23. The fourth-order valence-corrected chi connectivity index (χ4v) is 3.00. The number of nitrogens with one attached hydrogen (secondary N) is 1. The molecule has 3 rings (SSSR count). The molecule has 2 unspecified atom stereocenters. The molecule has 0 radical (unpaired) electrons. The second-order valence-corrected chi connectivity index (χ2v) is 5.61. The summed E-state index contributed by atoms with van der Waals surface area (Å²) < 4.78 is 0. The molecule has 3 heteroatoms. The van der Waals surface area contributed by atoms with Gasteiger partial charge >= 0.3 is 0 Å². The van der Waals surface area contributed by atoms with Crippen molar-refractivity contribution < 1.29 is 0 Å². The van der Waals surface area contributed by atoms with E-state index in [0.717, 1.165) is 22.6 Å². The summed E-state index contributed by atoms with van der Waals surface area (Å²) >= 11 is 0. The molecule has 1 saturated carbocycles. The lowest BCUT2D eigenvalue weighted by Gasteiger charge is -2.23. The summed E-state index contributed by atoms with van der Waals surface area (Å²) in [4.78, 5) is 8.77. The Morgan fingerprint density at radius 2 is 1.89 bits per heavy atom. The van der Waals surface area contributed by atoms with Gasteiger partial charge in [0.25, 0.3) is 0 Å². The number of anilines is 1. The van der Waals surface area contributed by atoms with E-state index in [2.05, 4.69) is 28.3 Å². The van der Waals surface area contributed by atoms with Crippen LogP contribution in [0.1, 0.15) is 39.0 Å². The first-order chi connectivity index (χ1) is 9.34. The van der Waals surface area contributed by atoms with Crippen LogP contribution in [0, 0.1) is 5.92 Å². The second kappa shape index (κ2) is 5.55. The van der Waals surface area contributed by atoms with Crippen LogP contribution in [-0.4, -0.2) is 16.0 Å². The van der Waals surface area contributed by atoms with Crippen LogP contribution in [0.2, 0.25) is 0 Å². The highest BCUT2D eigenvalue weighted by molar-refractivity contribution is 5.88. The van der Waals surface area contributed by atoms with Gasteiger partial charge in [-0.2, -0.15) is 0 Å². The number of hydrogen-bond acceptors (Lipinski definition) is 3. The smallest absolute Gasteiger partial charge is 0.137 e. The van der Waals surface area contributed by atoms with Gasteiger partial charge in [-0.15, -0.1) is 0 Å². The minimum atomic E-state index is 0.542. The van der Waals surface area contributed by atoms with Gasteiger partial charge in [0.2, 0.25) is 0 Å². The van der Waals surface area contributed by atoms with Crippen molar-refractivity contribution in [3.63, 3.8) is 0 Å². The highest BCUT2D eigenvalue weighted by Gasteiger charge is 2.20. The molecule has 1 aliphatic carbocycles. The first-order valence-electron chi connectivity index (χ1n) is 7.31. The second-order valence-electron chi connectivity index (χ2n) is 5.61. The van der Waals surface area contributed by atoms with Crippen LogP contribution < -0.4 is 5.32 Å². The number of hydrogen-bond donors (Lipinski definition) is 1. The molecule has 0 spiro atoms. The Labute approximate surface area is 114 Å². The molecule has 1 aromatic carbocycles. The zero-order valence-corrected chi connectivity index (χ0v) is 11.5. The maximum atomic E-state index is 4.44. The topological polar surface area (TPSA) is 37.8 Å². The average molecular weight is 255 g/mol. The van der Waals surface area contributed by atoms with Crippen LogP contribution in [-0.2, 0) is 0 Å². The van der Waals surface area contributed by atoms with Crippen molar-refractivity contribution in [3.8, 4) is 0 Å². The number of benzene rings is 1. The third-order valence-electron chi connectivity index (χ3n) is 4.23. The average Bonchev–Trinajstić information content (AvgIpc) is 2.65. The summed E-state index contributed by atoms with van der Waals surface area (Å²) in [6, 6.07) is 8.75. The van der Waals surface area contributed by atoms with Gasteiger partial charge in [0.05, 0.1) is 5.52 Å². The Balaban J connectivity index is 1.88. The molecule has 0 bridgehead atoms. The van der Waals surface area contributed by atoms with E-state index in [9.17, 15) is 0 Å². The molecule has 3 nitrogen and oxygen atoms in total. The summed E-state index contributed by atoms with van der Waals surface area (Å²) in [5, 5.41) is 4.79. The van der Waals surface area contributed by atoms with Gasteiger partial charge in [0, 0.05) is 11.4 Å². The lowest BCUT2D eigenvalue weighted by atomic mass is 9.97. The monoisotopic (exact) mass is 255 g/mol. The number of nitrogens with zero attached hydrogens (tertiary/aromatic N) is 2. The zero-order valence-electron chi connectivity index (χ0n) is 11.5. The molecule has 1 aliphatic rings. The fraction of sp³-hybridized carbons (Fsp3) is 0.500. The number of rotatable bonds is 2. The standard InChI is InChI=1S/C16H21N3/c1-12-7-3-2-4-9-14(12)19-16-13-8-5-6-10-15(13)17-11-18-16/h5-6,8,10-12,14H,2-4,7,9H2,1H3,(H,17,18,19). The van der Waals surface area contributed by atoms with E-state index in [0.29, 0.717) is 6.04 Å². The van der Waals surface area contributed by atoms with Crippen LogP contribution in [0.25, 0.3) is 10.9 Å². The molecule has 0 saturated heterocycles.